The van der Waals surface area contributed by atoms with Gasteiger partial charge in [0.05, 0.1) is 0 Å². The van der Waals surface area contributed by atoms with Gasteiger partial charge in [-0.1, -0.05) is 11.8 Å². The first-order valence-corrected chi connectivity index (χ1v) is 4.70. The fourth-order valence-electron chi connectivity index (χ4n) is 0.897. The zero-order valence-electron chi connectivity index (χ0n) is 7.67. The molecule has 1 N–H and O–H groups in total. The highest BCUT2D eigenvalue weighted by Crippen LogP contribution is 2.06. The SMILES string of the molecule is CNCCC#Cc1ccc(S)cc1. The average molecular weight is 191 g/mol. The monoisotopic (exact) mass is 191 g/mol. The predicted octanol–water partition coefficient (Wildman–Crippen LogP) is 1.94. The van der Waals surface area contributed by atoms with Crippen LogP contribution in [0.2, 0.25) is 0 Å². The van der Waals surface area contributed by atoms with Crippen LogP contribution in [-0.4, -0.2) is 13.6 Å². The number of thiol groups is 1. The summed E-state index contributed by atoms with van der Waals surface area (Å²) in [6.07, 6.45) is 0.888. The Balaban J connectivity index is 2.52. The van der Waals surface area contributed by atoms with Gasteiger partial charge in [0.2, 0.25) is 0 Å². The summed E-state index contributed by atoms with van der Waals surface area (Å²) >= 11 is 4.20. The van der Waals surface area contributed by atoms with Crippen LogP contribution in [-0.2, 0) is 0 Å². The number of rotatable bonds is 2. The zero-order chi connectivity index (χ0) is 9.52. The van der Waals surface area contributed by atoms with Gasteiger partial charge in [-0.15, -0.1) is 12.6 Å². The second-order valence-corrected chi connectivity index (χ2v) is 3.22. The molecule has 1 nitrogen and oxygen atoms in total. The molecule has 0 spiro atoms. The summed E-state index contributed by atoms with van der Waals surface area (Å²) < 4.78 is 0. The maximum atomic E-state index is 4.20. The largest absolute Gasteiger partial charge is 0.319 e. The Labute approximate surface area is 85.0 Å². The van der Waals surface area contributed by atoms with Gasteiger partial charge in [0.25, 0.3) is 0 Å². The first-order valence-electron chi connectivity index (χ1n) is 4.25. The molecule has 0 aliphatic rings. The van der Waals surface area contributed by atoms with Crippen molar-refractivity contribution in [2.75, 3.05) is 13.6 Å². The van der Waals surface area contributed by atoms with E-state index >= 15 is 0 Å². The molecule has 0 saturated heterocycles. The number of benzene rings is 1. The molecule has 0 bridgehead atoms. The van der Waals surface area contributed by atoms with Gasteiger partial charge in [0, 0.05) is 23.4 Å². The molecule has 13 heavy (non-hydrogen) atoms. The van der Waals surface area contributed by atoms with Gasteiger partial charge in [-0.25, -0.2) is 0 Å². The molecule has 0 radical (unpaired) electrons. The lowest BCUT2D eigenvalue weighted by atomic mass is 10.2. The molecule has 1 aromatic carbocycles. The van der Waals surface area contributed by atoms with Gasteiger partial charge in [-0.05, 0) is 31.3 Å². The van der Waals surface area contributed by atoms with E-state index in [1.54, 1.807) is 0 Å². The molecule has 0 amide bonds. The molecular formula is C11H13NS. The molecule has 1 aromatic rings. The maximum absolute atomic E-state index is 4.20. The highest BCUT2D eigenvalue weighted by molar-refractivity contribution is 7.80. The summed E-state index contributed by atoms with van der Waals surface area (Å²) in [4.78, 5) is 0.973. The highest BCUT2D eigenvalue weighted by atomic mass is 32.1. The lowest BCUT2D eigenvalue weighted by Crippen LogP contribution is -2.05. The minimum atomic E-state index is 0.888. The Bertz CT molecular complexity index is 305. The summed E-state index contributed by atoms with van der Waals surface area (Å²) in [5, 5.41) is 3.05. The third kappa shape index (κ3) is 4.02. The zero-order valence-corrected chi connectivity index (χ0v) is 8.57. The van der Waals surface area contributed by atoms with Crippen molar-refractivity contribution in [3.63, 3.8) is 0 Å². The van der Waals surface area contributed by atoms with Crippen molar-refractivity contribution in [3.8, 4) is 11.8 Å². The van der Waals surface area contributed by atoms with Crippen LogP contribution in [0.15, 0.2) is 29.2 Å². The van der Waals surface area contributed by atoms with E-state index in [1.807, 2.05) is 31.3 Å². The van der Waals surface area contributed by atoms with Crippen LogP contribution in [0.4, 0.5) is 0 Å². The van der Waals surface area contributed by atoms with Crippen molar-refractivity contribution < 1.29 is 0 Å². The Morgan fingerprint density at radius 3 is 2.62 bits per heavy atom. The Morgan fingerprint density at radius 1 is 1.31 bits per heavy atom. The number of nitrogens with one attached hydrogen (secondary N) is 1. The molecule has 1 rings (SSSR count). The molecule has 0 heterocycles. The summed E-state index contributed by atoms with van der Waals surface area (Å²) in [7, 11) is 1.93. The van der Waals surface area contributed by atoms with E-state index in [9.17, 15) is 0 Å². The topological polar surface area (TPSA) is 12.0 Å². The average Bonchev–Trinajstić information content (AvgIpc) is 2.15. The molecule has 68 valence electrons. The van der Waals surface area contributed by atoms with Crippen molar-refractivity contribution in [1.29, 1.82) is 0 Å². The van der Waals surface area contributed by atoms with E-state index < -0.39 is 0 Å². The second kappa shape index (κ2) is 5.69. The van der Waals surface area contributed by atoms with Gasteiger partial charge < -0.3 is 5.32 Å². The van der Waals surface area contributed by atoms with Crippen molar-refractivity contribution in [3.05, 3.63) is 29.8 Å². The van der Waals surface area contributed by atoms with Crippen molar-refractivity contribution in [1.82, 2.24) is 5.32 Å². The van der Waals surface area contributed by atoms with Gasteiger partial charge in [-0.3, -0.25) is 0 Å². The molecule has 0 aliphatic heterocycles. The van der Waals surface area contributed by atoms with E-state index in [0.717, 1.165) is 23.4 Å². The van der Waals surface area contributed by atoms with Crippen LogP contribution in [0.1, 0.15) is 12.0 Å². The third-order valence-electron chi connectivity index (χ3n) is 1.60. The summed E-state index contributed by atoms with van der Waals surface area (Å²) in [5.41, 5.74) is 1.05. The minimum Gasteiger partial charge on any atom is -0.319 e. The fraction of sp³-hybridized carbons (Fsp3) is 0.273. The van der Waals surface area contributed by atoms with E-state index in [4.69, 9.17) is 0 Å². The standard InChI is InChI=1S/C11H13NS/c1-12-9-3-2-4-10-5-7-11(13)8-6-10/h5-8,12-13H,3,9H2,1H3. The van der Waals surface area contributed by atoms with Crippen LogP contribution in [0.3, 0.4) is 0 Å². The van der Waals surface area contributed by atoms with E-state index in [1.165, 1.54) is 0 Å². The van der Waals surface area contributed by atoms with Crippen LogP contribution in [0.5, 0.6) is 0 Å². The maximum Gasteiger partial charge on any atom is 0.0246 e. The number of hydrogen-bond donors (Lipinski definition) is 2. The molecule has 0 atom stereocenters. The molecule has 0 aliphatic carbocycles. The molecule has 0 saturated carbocycles. The normalized spacial score (nSPS) is 9.08. The first kappa shape index (κ1) is 10.2. The molecule has 0 unspecified atom stereocenters. The first-order chi connectivity index (χ1) is 6.33. The summed E-state index contributed by atoms with van der Waals surface area (Å²) in [6.45, 7) is 0.942. The number of hydrogen-bond acceptors (Lipinski definition) is 2. The van der Waals surface area contributed by atoms with E-state index in [-0.39, 0.29) is 0 Å². The molecule has 2 heteroatoms. The van der Waals surface area contributed by atoms with Crippen LogP contribution in [0, 0.1) is 11.8 Å². The Morgan fingerprint density at radius 2 is 2.00 bits per heavy atom. The Kier molecular flexibility index (Phi) is 4.45. The van der Waals surface area contributed by atoms with Gasteiger partial charge in [0.15, 0.2) is 0 Å². The molecule has 0 fully saturated rings. The highest BCUT2D eigenvalue weighted by Gasteiger charge is 1.85. The predicted molar refractivity (Wildman–Crippen MR) is 59.1 cm³/mol. The van der Waals surface area contributed by atoms with Crippen LogP contribution >= 0.6 is 12.6 Å². The Hall–Kier alpha value is -0.910. The molecular weight excluding hydrogens is 178 g/mol. The van der Waals surface area contributed by atoms with Crippen molar-refractivity contribution in [2.45, 2.75) is 11.3 Å². The van der Waals surface area contributed by atoms with E-state index in [2.05, 4.69) is 29.8 Å². The smallest absolute Gasteiger partial charge is 0.0246 e. The van der Waals surface area contributed by atoms with Gasteiger partial charge in [-0.2, -0.15) is 0 Å². The van der Waals surface area contributed by atoms with E-state index in [0.29, 0.717) is 0 Å². The second-order valence-electron chi connectivity index (χ2n) is 2.70. The lowest BCUT2D eigenvalue weighted by molar-refractivity contribution is 0.818. The quantitative estimate of drug-likeness (QED) is 0.413. The van der Waals surface area contributed by atoms with Gasteiger partial charge >= 0.3 is 0 Å². The lowest BCUT2D eigenvalue weighted by Gasteiger charge is -1.91. The molecule has 0 aromatic heterocycles. The van der Waals surface area contributed by atoms with Crippen LogP contribution in [0.25, 0.3) is 0 Å². The fourth-order valence-corrected chi connectivity index (χ4v) is 1.05. The van der Waals surface area contributed by atoms with Crippen molar-refractivity contribution in [2.24, 2.45) is 0 Å². The summed E-state index contributed by atoms with van der Waals surface area (Å²) in [5.74, 6) is 6.17. The van der Waals surface area contributed by atoms with Crippen LogP contribution < -0.4 is 5.32 Å². The van der Waals surface area contributed by atoms with Gasteiger partial charge in [0.1, 0.15) is 0 Å². The minimum absolute atomic E-state index is 0.888. The third-order valence-corrected chi connectivity index (χ3v) is 1.90. The summed E-state index contributed by atoms with van der Waals surface area (Å²) in [6, 6.07) is 7.86. The van der Waals surface area contributed by atoms with Crippen molar-refractivity contribution >= 4 is 12.6 Å².